The minimum atomic E-state index is -3.75. The number of nitrogens with zero attached hydrogens (tertiary/aromatic N) is 3. The number of halogens is 1. The molecule has 0 aliphatic carbocycles. The molecule has 1 N–H and O–H groups in total. The van der Waals surface area contributed by atoms with Crippen molar-refractivity contribution < 1.29 is 18.3 Å². The first-order valence-electron chi connectivity index (χ1n) is 9.50. The van der Waals surface area contributed by atoms with E-state index in [2.05, 4.69) is 5.10 Å². The van der Waals surface area contributed by atoms with E-state index < -0.39 is 16.0 Å². The summed E-state index contributed by atoms with van der Waals surface area (Å²) in [5, 5.41) is 14.5. The molecule has 0 radical (unpaired) electrons. The van der Waals surface area contributed by atoms with Crippen LogP contribution in [0, 0.1) is 0 Å². The smallest absolute Gasteiger partial charge is 0.356 e. The number of aryl methyl sites for hydroxylation is 1. The van der Waals surface area contributed by atoms with Crippen LogP contribution in [-0.2, 0) is 29.4 Å². The lowest BCUT2D eigenvalue weighted by Crippen LogP contribution is -2.36. The van der Waals surface area contributed by atoms with Gasteiger partial charge in [-0.2, -0.15) is 9.40 Å². The van der Waals surface area contributed by atoms with Crippen LogP contribution in [0.15, 0.2) is 53.4 Å². The first-order chi connectivity index (χ1) is 14.3. The molecule has 1 aliphatic heterocycles. The summed E-state index contributed by atoms with van der Waals surface area (Å²) in [6.07, 6.45) is 1.17. The molecule has 0 amide bonds. The molecular weight excluding hydrogens is 426 g/mol. The summed E-state index contributed by atoms with van der Waals surface area (Å²) >= 11 is 5.95. The normalized spacial score (nSPS) is 14.5. The van der Waals surface area contributed by atoms with Crippen LogP contribution in [-0.4, -0.2) is 40.1 Å². The van der Waals surface area contributed by atoms with Crippen molar-refractivity contribution in [2.75, 3.05) is 6.54 Å². The summed E-state index contributed by atoms with van der Waals surface area (Å²) in [5.74, 6) is -1.19. The lowest BCUT2D eigenvalue weighted by molar-refractivity contribution is 0.0688. The molecule has 1 aliphatic rings. The number of hydrogen-bond acceptors (Lipinski definition) is 4. The first-order valence-corrected chi connectivity index (χ1v) is 11.3. The highest BCUT2D eigenvalue weighted by Crippen LogP contribution is 2.29. The van der Waals surface area contributed by atoms with Crippen molar-refractivity contribution in [1.82, 2.24) is 14.1 Å². The lowest BCUT2D eigenvalue weighted by Gasteiger charge is -2.27. The van der Waals surface area contributed by atoms with Crippen molar-refractivity contribution in [1.29, 1.82) is 0 Å². The van der Waals surface area contributed by atoms with E-state index in [0.717, 1.165) is 12.0 Å². The summed E-state index contributed by atoms with van der Waals surface area (Å²) in [7, 11) is -3.75. The Kier molecular flexibility index (Phi) is 5.40. The maximum atomic E-state index is 13.1. The Balaban J connectivity index is 1.72. The van der Waals surface area contributed by atoms with Gasteiger partial charge in [0.1, 0.15) is 0 Å². The average molecular weight is 446 g/mol. The van der Waals surface area contributed by atoms with Gasteiger partial charge in [-0.25, -0.2) is 17.9 Å². The highest BCUT2D eigenvalue weighted by molar-refractivity contribution is 7.89. The summed E-state index contributed by atoms with van der Waals surface area (Å²) in [4.78, 5) is 12.0. The van der Waals surface area contributed by atoms with Crippen molar-refractivity contribution in [2.45, 2.75) is 31.2 Å². The molecule has 0 fully saturated rings. The molecule has 9 heteroatoms. The number of fused-ring (bicyclic) bond motifs is 1. The molecule has 30 heavy (non-hydrogen) atoms. The quantitative estimate of drug-likeness (QED) is 0.648. The van der Waals surface area contributed by atoms with Crippen molar-refractivity contribution in [3.8, 4) is 5.69 Å². The molecular formula is C21H20ClN3O4S. The van der Waals surface area contributed by atoms with Gasteiger partial charge >= 0.3 is 5.97 Å². The molecule has 2 aromatic carbocycles. The zero-order valence-corrected chi connectivity index (χ0v) is 17.8. The standard InChI is InChI=1S/C21H20ClN3O4S/c1-2-14-3-9-17(10-4-14)30(28,29)24-12-11-19-18(13-24)20(21(26)27)23-25(19)16-7-5-15(22)6-8-16/h3-10H,2,11-13H2,1H3,(H,26,27). The molecule has 0 saturated heterocycles. The Labute approximate surface area is 179 Å². The van der Waals surface area contributed by atoms with E-state index in [4.69, 9.17) is 11.6 Å². The Morgan fingerprint density at radius 1 is 1.13 bits per heavy atom. The van der Waals surface area contributed by atoms with Gasteiger partial charge in [-0.1, -0.05) is 30.7 Å². The second kappa shape index (κ2) is 7.86. The van der Waals surface area contributed by atoms with Gasteiger partial charge in [-0.05, 0) is 48.4 Å². The predicted molar refractivity (Wildman–Crippen MR) is 113 cm³/mol. The number of carboxylic acid groups (broad SMARTS) is 1. The second-order valence-corrected chi connectivity index (χ2v) is 9.43. The van der Waals surface area contributed by atoms with Gasteiger partial charge in [0.05, 0.1) is 16.3 Å². The number of carboxylic acids is 1. The fourth-order valence-corrected chi connectivity index (χ4v) is 5.15. The van der Waals surface area contributed by atoms with Crippen molar-refractivity contribution in [3.05, 3.63) is 76.1 Å². The lowest BCUT2D eigenvalue weighted by atomic mass is 10.1. The Bertz CT molecular complexity index is 1200. The summed E-state index contributed by atoms with van der Waals surface area (Å²) < 4.78 is 29.1. The van der Waals surface area contributed by atoms with E-state index in [0.29, 0.717) is 28.4 Å². The molecule has 0 saturated carbocycles. The molecule has 0 unspecified atom stereocenters. The van der Waals surface area contributed by atoms with Crippen molar-refractivity contribution >= 4 is 27.6 Å². The van der Waals surface area contributed by atoms with Gasteiger partial charge in [0.2, 0.25) is 10.0 Å². The third-order valence-corrected chi connectivity index (χ3v) is 7.38. The number of sulfonamides is 1. The number of carbonyl (C=O) groups is 1. The highest BCUT2D eigenvalue weighted by Gasteiger charge is 2.34. The number of rotatable bonds is 5. The van der Waals surface area contributed by atoms with Crippen LogP contribution >= 0.6 is 11.6 Å². The number of aromatic carboxylic acids is 1. The van der Waals surface area contributed by atoms with Gasteiger partial charge in [0.25, 0.3) is 0 Å². The van der Waals surface area contributed by atoms with E-state index in [9.17, 15) is 18.3 Å². The molecule has 4 rings (SSSR count). The molecule has 0 spiro atoms. The van der Waals surface area contributed by atoms with Crippen molar-refractivity contribution in [3.63, 3.8) is 0 Å². The van der Waals surface area contributed by atoms with Crippen LogP contribution in [0.2, 0.25) is 5.02 Å². The largest absolute Gasteiger partial charge is 0.476 e. The third kappa shape index (κ3) is 3.62. The molecule has 156 valence electrons. The van der Waals surface area contributed by atoms with Crippen LogP contribution in [0.1, 0.15) is 34.2 Å². The summed E-state index contributed by atoms with van der Waals surface area (Å²) in [6, 6.07) is 13.7. The van der Waals surface area contributed by atoms with Crippen LogP contribution in [0.3, 0.4) is 0 Å². The second-order valence-electron chi connectivity index (χ2n) is 7.05. The topological polar surface area (TPSA) is 92.5 Å². The Morgan fingerprint density at radius 2 is 1.80 bits per heavy atom. The van der Waals surface area contributed by atoms with Gasteiger partial charge < -0.3 is 5.11 Å². The first kappa shape index (κ1) is 20.6. The fourth-order valence-electron chi connectivity index (χ4n) is 3.61. The van der Waals surface area contributed by atoms with E-state index in [1.54, 1.807) is 53.2 Å². The Morgan fingerprint density at radius 3 is 2.40 bits per heavy atom. The summed E-state index contributed by atoms with van der Waals surface area (Å²) in [6.45, 7) is 2.20. The van der Waals surface area contributed by atoms with Gasteiger partial charge in [0, 0.05) is 30.1 Å². The monoisotopic (exact) mass is 445 g/mol. The van der Waals surface area contributed by atoms with Crippen molar-refractivity contribution in [2.24, 2.45) is 0 Å². The zero-order valence-electron chi connectivity index (χ0n) is 16.2. The number of aromatic nitrogens is 2. The maximum absolute atomic E-state index is 13.1. The molecule has 7 nitrogen and oxygen atoms in total. The van der Waals surface area contributed by atoms with E-state index in [1.807, 2.05) is 6.92 Å². The number of hydrogen-bond donors (Lipinski definition) is 1. The third-order valence-electron chi connectivity index (χ3n) is 5.27. The zero-order chi connectivity index (χ0) is 21.5. The van der Waals surface area contributed by atoms with E-state index in [1.165, 1.54) is 4.31 Å². The van der Waals surface area contributed by atoms with Crippen LogP contribution in [0.4, 0.5) is 0 Å². The highest BCUT2D eigenvalue weighted by atomic mass is 35.5. The van der Waals surface area contributed by atoms with Crippen LogP contribution < -0.4 is 0 Å². The molecule has 3 aromatic rings. The van der Waals surface area contributed by atoms with Crippen LogP contribution in [0.5, 0.6) is 0 Å². The SMILES string of the molecule is CCc1ccc(S(=O)(=O)N2CCc3c(c(C(=O)O)nn3-c3ccc(Cl)cc3)C2)cc1. The fraction of sp³-hybridized carbons (Fsp3) is 0.238. The maximum Gasteiger partial charge on any atom is 0.356 e. The van der Waals surface area contributed by atoms with Gasteiger partial charge in [0.15, 0.2) is 5.69 Å². The minimum Gasteiger partial charge on any atom is -0.476 e. The molecule has 1 aromatic heterocycles. The van der Waals surface area contributed by atoms with E-state index >= 15 is 0 Å². The molecule has 0 atom stereocenters. The van der Waals surface area contributed by atoms with Gasteiger partial charge in [-0.15, -0.1) is 0 Å². The summed E-state index contributed by atoms with van der Waals surface area (Å²) in [5.41, 5.74) is 2.70. The minimum absolute atomic E-state index is 0.0393. The molecule has 0 bridgehead atoms. The molecule has 2 heterocycles. The van der Waals surface area contributed by atoms with E-state index in [-0.39, 0.29) is 23.7 Å². The average Bonchev–Trinajstić information content (AvgIpc) is 3.13. The Hall–Kier alpha value is -2.68. The van der Waals surface area contributed by atoms with Crippen LogP contribution in [0.25, 0.3) is 5.69 Å². The van der Waals surface area contributed by atoms with Gasteiger partial charge in [-0.3, -0.25) is 0 Å². The predicted octanol–water partition coefficient (Wildman–Crippen LogP) is 3.53. The number of benzene rings is 2.